The van der Waals surface area contributed by atoms with Crippen molar-refractivity contribution in [2.75, 3.05) is 6.54 Å². The third-order valence-electron chi connectivity index (χ3n) is 2.53. The zero-order valence-corrected chi connectivity index (χ0v) is 13.5. The summed E-state index contributed by atoms with van der Waals surface area (Å²) in [5.41, 5.74) is -0.0587. The number of halogens is 1. The highest BCUT2D eigenvalue weighted by molar-refractivity contribution is 14.1. The molecule has 0 aliphatic heterocycles. The number of rotatable bonds is 6. The minimum atomic E-state index is -3.79. The molecule has 0 aliphatic carbocycles. The van der Waals surface area contributed by atoms with Gasteiger partial charge in [0, 0.05) is 16.5 Å². The summed E-state index contributed by atoms with van der Waals surface area (Å²) < 4.78 is 31.5. The van der Waals surface area contributed by atoms with Gasteiger partial charge in [0.05, 0.1) is 10.5 Å². The number of nitrogens with zero attached hydrogens (tertiary/aromatic N) is 2. The molecule has 0 saturated heterocycles. The minimum absolute atomic E-state index is 0.0587. The molecule has 2 aromatic rings. The highest BCUT2D eigenvalue weighted by Crippen LogP contribution is 2.18. The van der Waals surface area contributed by atoms with E-state index in [1.165, 1.54) is 12.1 Å². The number of carboxylic acid groups (broad SMARTS) is 1. The molecule has 0 radical (unpaired) electrons. The lowest BCUT2D eigenvalue weighted by molar-refractivity contribution is 0.0695. The van der Waals surface area contributed by atoms with Gasteiger partial charge in [-0.2, -0.15) is 4.98 Å². The fraction of sp³-hybridized carbons (Fsp3) is 0.182. The van der Waals surface area contributed by atoms with Crippen LogP contribution in [0.3, 0.4) is 0 Å². The Labute approximate surface area is 133 Å². The Kier molecular flexibility index (Phi) is 4.90. The first-order valence-electron chi connectivity index (χ1n) is 5.68. The van der Waals surface area contributed by atoms with Crippen molar-refractivity contribution in [3.63, 3.8) is 0 Å². The van der Waals surface area contributed by atoms with Crippen LogP contribution in [-0.4, -0.2) is 36.2 Å². The molecule has 0 unspecified atom stereocenters. The van der Waals surface area contributed by atoms with Crippen molar-refractivity contribution in [2.24, 2.45) is 0 Å². The first-order valence-corrected chi connectivity index (χ1v) is 8.24. The lowest BCUT2D eigenvalue weighted by atomic mass is 10.2. The highest BCUT2D eigenvalue weighted by Gasteiger charge is 2.18. The quantitative estimate of drug-likeness (QED) is 0.662. The predicted molar refractivity (Wildman–Crippen MR) is 79.3 cm³/mol. The molecule has 0 bridgehead atoms. The first-order chi connectivity index (χ1) is 9.90. The monoisotopic (exact) mass is 423 g/mol. The summed E-state index contributed by atoms with van der Waals surface area (Å²) in [5, 5.41) is 12.6. The standard InChI is InChI=1S/C11H10IN3O5S/c12-9-2-1-7(5-8(9)11(16)17)21(18,19)14-4-3-10-13-6-20-15-10/h1-2,5-6,14H,3-4H2,(H,16,17). The van der Waals surface area contributed by atoms with Gasteiger partial charge in [0.2, 0.25) is 16.4 Å². The molecule has 0 fully saturated rings. The van der Waals surface area contributed by atoms with E-state index in [2.05, 4.69) is 19.4 Å². The molecule has 0 saturated carbocycles. The van der Waals surface area contributed by atoms with Crippen molar-refractivity contribution in [1.82, 2.24) is 14.9 Å². The number of sulfonamides is 1. The summed E-state index contributed by atoms with van der Waals surface area (Å²) in [7, 11) is -3.79. The molecule has 0 aliphatic rings. The number of carboxylic acids is 1. The highest BCUT2D eigenvalue weighted by atomic mass is 127. The van der Waals surface area contributed by atoms with Crippen LogP contribution < -0.4 is 4.72 Å². The zero-order valence-electron chi connectivity index (χ0n) is 10.5. The van der Waals surface area contributed by atoms with Crippen molar-refractivity contribution in [2.45, 2.75) is 11.3 Å². The summed E-state index contributed by atoms with van der Waals surface area (Å²) in [5.74, 6) is -0.796. The average molecular weight is 423 g/mol. The molecule has 2 N–H and O–H groups in total. The number of aromatic carboxylic acids is 1. The van der Waals surface area contributed by atoms with Gasteiger partial charge in [-0.1, -0.05) is 5.16 Å². The molecule has 0 spiro atoms. The van der Waals surface area contributed by atoms with Gasteiger partial charge in [-0.3, -0.25) is 0 Å². The molecule has 1 aromatic heterocycles. The van der Waals surface area contributed by atoms with Crippen LogP contribution in [0.4, 0.5) is 0 Å². The van der Waals surface area contributed by atoms with E-state index in [-0.39, 0.29) is 23.4 Å². The van der Waals surface area contributed by atoms with E-state index in [9.17, 15) is 13.2 Å². The molecular weight excluding hydrogens is 413 g/mol. The maximum atomic E-state index is 12.1. The number of hydrogen-bond acceptors (Lipinski definition) is 6. The Bertz CT molecular complexity index is 745. The van der Waals surface area contributed by atoms with Crippen LogP contribution >= 0.6 is 22.6 Å². The lowest BCUT2D eigenvalue weighted by Gasteiger charge is -2.07. The molecule has 0 atom stereocenters. The minimum Gasteiger partial charge on any atom is -0.478 e. The van der Waals surface area contributed by atoms with E-state index in [4.69, 9.17) is 5.11 Å². The van der Waals surface area contributed by atoms with Crippen molar-refractivity contribution < 1.29 is 22.8 Å². The molecule has 2 rings (SSSR count). The number of benzene rings is 1. The fourth-order valence-corrected chi connectivity index (χ4v) is 3.14. The molecule has 8 nitrogen and oxygen atoms in total. The van der Waals surface area contributed by atoms with E-state index < -0.39 is 16.0 Å². The second kappa shape index (κ2) is 6.49. The summed E-state index contributed by atoms with van der Waals surface area (Å²) in [6.07, 6.45) is 1.42. The predicted octanol–water partition coefficient (Wildman–Crippen LogP) is 0.893. The Morgan fingerprint density at radius 3 is 2.81 bits per heavy atom. The Balaban J connectivity index is 2.12. The zero-order chi connectivity index (χ0) is 15.5. The van der Waals surface area contributed by atoms with E-state index in [1.54, 1.807) is 0 Å². The van der Waals surface area contributed by atoms with Gasteiger partial charge < -0.3 is 9.63 Å². The smallest absolute Gasteiger partial charge is 0.336 e. The van der Waals surface area contributed by atoms with E-state index in [0.29, 0.717) is 9.39 Å². The molecule has 112 valence electrons. The van der Waals surface area contributed by atoms with Gasteiger partial charge >= 0.3 is 5.97 Å². The van der Waals surface area contributed by atoms with E-state index >= 15 is 0 Å². The van der Waals surface area contributed by atoms with Crippen LogP contribution in [-0.2, 0) is 16.4 Å². The van der Waals surface area contributed by atoms with Crippen molar-refractivity contribution in [1.29, 1.82) is 0 Å². The molecular formula is C11H10IN3O5S. The molecule has 0 amide bonds. The summed E-state index contributed by atoms with van der Waals surface area (Å²) in [6.45, 7) is 0.0796. The Hall–Kier alpha value is -1.53. The Morgan fingerprint density at radius 2 is 2.19 bits per heavy atom. The van der Waals surface area contributed by atoms with Crippen molar-refractivity contribution in [3.8, 4) is 0 Å². The van der Waals surface area contributed by atoms with Gasteiger partial charge in [0.15, 0.2) is 5.82 Å². The SMILES string of the molecule is O=C(O)c1cc(S(=O)(=O)NCCc2ncon2)ccc1I. The van der Waals surface area contributed by atoms with Crippen molar-refractivity contribution in [3.05, 3.63) is 39.6 Å². The van der Waals surface area contributed by atoms with Crippen molar-refractivity contribution >= 4 is 38.6 Å². The Morgan fingerprint density at radius 1 is 1.43 bits per heavy atom. The van der Waals surface area contributed by atoms with Crippen LogP contribution in [0, 0.1) is 3.57 Å². The first kappa shape index (κ1) is 15.9. The van der Waals surface area contributed by atoms with Gasteiger partial charge in [-0.05, 0) is 40.8 Å². The summed E-state index contributed by atoms with van der Waals surface area (Å²) >= 11 is 1.83. The summed E-state index contributed by atoms with van der Waals surface area (Å²) in [6, 6.07) is 3.92. The normalized spacial score (nSPS) is 11.5. The largest absolute Gasteiger partial charge is 0.478 e. The maximum Gasteiger partial charge on any atom is 0.336 e. The van der Waals surface area contributed by atoms with Gasteiger partial charge in [0.25, 0.3) is 0 Å². The third kappa shape index (κ3) is 3.98. The number of hydrogen-bond donors (Lipinski definition) is 2. The van der Waals surface area contributed by atoms with Crippen LogP contribution in [0.25, 0.3) is 0 Å². The van der Waals surface area contributed by atoms with Gasteiger partial charge in [-0.15, -0.1) is 0 Å². The lowest BCUT2D eigenvalue weighted by Crippen LogP contribution is -2.26. The number of carbonyl (C=O) groups is 1. The number of aromatic nitrogens is 2. The topological polar surface area (TPSA) is 122 Å². The van der Waals surface area contributed by atoms with E-state index in [0.717, 1.165) is 12.5 Å². The molecule has 21 heavy (non-hydrogen) atoms. The molecule has 10 heteroatoms. The van der Waals surface area contributed by atoms with Crippen LogP contribution in [0.15, 0.2) is 34.0 Å². The number of nitrogens with one attached hydrogen (secondary N) is 1. The van der Waals surface area contributed by atoms with Crippen LogP contribution in [0.5, 0.6) is 0 Å². The van der Waals surface area contributed by atoms with Crippen LogP contribution in [0.1, 0.15) is 16.2 Å². The van der Waals surface area contributed by atoms with Gasteiger partial charge in [0.1, 0.15) is 0 Å². The van der Waals surface area contributed by atoms with Crippen LogP contribution in [0.2, 0.25) is 0 Å². The second-order valence-corrected chi connectivity index (χ2v) is 6.87. The fourth-order valence-electron chi connectivity index (χ4n) is 1.52. The maximum absolute atomic E-state index is 12.1. The second-order valence-electron chi connectivity index (χ2n) is 3.94. The van der Waals surface area contributed by atoms with E-state index in [1.807, 2.05) is 22.6 Å². The average Bonchev–Trinajstić information content (AvgIpc) is 2.91. The summed E-state index contributed by atoms with van der Waals surface area (Å²) in [4.78, 5) is 14.7. The third-order valence-corrected chi connectivity index (χ3v) is 4.93. The molecule has 1 aromatic carbocycles. The van der Waals surface area contributed by atoms with Gasteiger partial charge in [-0.25, -0.2) is 17.9 Å². The molecule has 1 heterocycles.